The monoisotopic (exact) mass is 160 g/mol. The smallest absolute Gasteiger partial charge is 0.0666 e. The Kier molecular flexibility index (Phi) is 3.57. The SMILES string of the molecule is CCCC[C@@H]1SCC[C@@H]1O. The Hall–Kier alpha value is 0.310. The summed E-state index contributed by atoms with van der Waals surface area (Å²) in [4.78, 5) is 0. The minimum atomic E-state index is -0.00319. The van der Waals surface area contributed by atoms with Crippen molar-refractivity contribution >= 4 is 11.8 Å². The van der Waals surface area contributed by atoms with E-state index < -0.39 is 0 Å². The fourth-order valence-corrected chi connectivity index (χ4v) is 2.69. The van der Waals surface area contributed by atoms with Gasteiger partial charge in [0.2, 0.25) is 0 Å². The number of unbranched alkanes of at least 4 members (excludes halogenated alkanes) is 1. The Balaban J connectivity index is 2.14. The lowest BCUT2D eigenvalue weighted by Gasteiger charge is -2.11. The van der Waals surface area contributed by atoms with Crippen molar-refractivity contribution in [3.63, 3.8) is 0 Å². The van der Waals surface area contributed by atoms with Crippen molar-refractivity contribution in [3.8, 4) is 0 Å². The molecular formula is C8H16OS. The third-order valence-electron chi connectivity index (χ3n) is 2.02. The molecule has 0 aromatic carbocycles. The van der Waals surface area contributed by atoms with Gasteiger partial charge in [-0.1, -0.05) is 19.8 Å². The normalized spacial score (nSPS) is 33.0. The number of hydrogen-bond acceptors (Lipinski definition) is 2. The van der Waals surface area contributed by atoms with E-state index in [0.717, 1.165) is 12.2 Å². The lowest BCUT2D eigenvalue weighted by molar-refractivity contribution is 0.172. The Labute approximate surface area is 67.2 Å². The van der Waals surface area contributed by atoms with E-state index >= 15 is 0 Å². The summed E-state index contributed by atoms with van der Waals surface area (Å²) in [6.45, 7) is 2.20. The van der Waals surface area contributed by atoms with Crippen LogP contribution in [0.3, 0.4) is 0 Å². The molecule has 1 heterocycles. The summed E-state index contributed by atoms with van der Waals surface area (Å²) in [6, 6.07) is 0. The molecule has 1 rings (SSSR count). The van der Waals surface area contributed by atoms with Crippen LogP contribution in [-0.2, 0) is 0 Å². The van der Waals surface area contributed by atoms with Crippen molar-refractivity contribution in [2.75, 3.05) is 5.75 Å². The van der Waals surface area contributed by atoms with Crippen LogP contribution in [0.5, 0.6) is 0 Å². The molecule has 1 aliphatic heterocycles. The van der Waals surface area contributed by atoms with Gasteiger partial charge in [0.1, 0.15) is 0 Å². The van der Waals surface area contributed by atoms with E-state index in [0.29, 0.717) is 5.25 Å². The Morgan fingerprint density at radius 3 is 2.90 bits per heavy atom. The molecule has 0 saturated carbocycles. The highest BCUT2D eigenvalue weighted by atomic mass is 32.2. The molecule has 2 atom stereocenters. The number of thioether (sulfide) groups is 1. The first-order chi connectivity index (χ1) is 4.84. The van der Waals surface area contributed by atoms with Gasteiger partial charge < -0.3 is 5.11 Å². The molecule has 0 spiro atoms. The predicted molar refractivity (Wildman–Crippen MR) is 46.4 cm³/mol. The first-order valence-electron chi connectivity index (χ1n) is 4.14. The summed E-state index contributed by atoms with van der Waals surface area (Å²) in [6.07, 6.45) is 4.75. The summed E-state index contributed by atoms with van der Waals surface area (Å²) in [5, 5.41) is 9.95. The van der Waals surface area contributed by atoms with Crippen molar-refractivity contribution in [1.29, 1.82) is 0 Å². The number of hydrogen-bond donors (Lipinski definition) is 1. The van der Waals surface area contributed by atoms with Crippen molar-refractivity contribution in [1.82, 2.24) is 0 Å². The second kappa shape index (κ2) is 4.24. The Morgan fingerprint density at radius 2 is 2.40 bits per heavy atom. The second-order valence-electron chi connectivity index (χ2n) is 2.91. The van der Waals surface area contributed by atoms with Gasteiger partial charge in [0, 0.05) is 5.25 Å². The first kappa shape index (κ1) is 8.41. The molecule has 1 saturated heterocycles. The highest BCUT2D eigenvalue weighted by molar-refractivity contribution is 8.00. The largest absolute Gasteiger partial charge is 0.392 e. The van der Waals surface area contributed by atoms with Crippen molar-refractivity contribution < 1.29 is 5.11 Å². The van der Waals surface area contributed by atoms with Crippen LogP contribution < -0.4 is 0 Å². The third-order valence-corrected chi connectivity index (χ3v) is 3.47. The van der Waals surface area contributed by atoms with E-state index in [9.17, 15) is 5.11 Å². The molecule has 0 radical (unpaired) electrons. The molecule has 0 aromatic rings. The number of rotatable bonds is 3. The molecule has 0 unspecified atom stereocenters. The van der Waals surface area contributed by atoms with Gasteiger partial charge in [0.05, 0.1) is 6.10 Å². The zero-order chi connectivity index (χ0) is 7.40. The molecule has 60 valence electrons. The minimum absolute atomic E-state index is 0.00319. The van der Waals surface area contributed by atoms with Crippen molar-refractivity contribution in [2.24, 2.45) is 0 Å². The maximum atomic E-state index is 9.39. The lowest BCUT2D eigenvalue weighted by Crippen LogP contribution is -2.16. The molecule has 10 heavy (non-hydrogen) atoms. The minimum Gasteiger partial charge on any atom is -0.392 e. The fraction of sp³-hybridized carbons (Fsp3) is 1.00. The molecule has 0 amide bonds. The van der Waals surface area contributed by atoms with Gasteiger partial charge in [-0.05, 0) is 18.6 Å². The second-order valence-corrected chi connectivity index (χ2v) is 4.25. The molecule has 1 fully saturated rings. The van der Waals surface area contributed by atoms with Gasteiger partial charge >= 0.3 is 0 Å². The van der Waals surface area contributed by atoms with E-state index in [4.69, 9.17) is 0 Å². The van der Waals surface area contributed by atoms with Gasteiger partial charge in [0.15, 0.2) is 0 Å². The lowest BCUT2D eigenvalue weighted by atomic mass is 10.1. The Morgan fingerprint density at radius 1 is 1.60 bits per heavy atom. The van der Waals surface area contributed by atoms with E-state index in [1.54, 1.807) is 0 Å². The van der Waals surface area contributed by atoms with Crippen LogP contribution in [0.4, 0.5) is 0 Å². The molecular weight excluding hydrogens is 144 g/mol. The topological polar surface area (TPSA) is 20.2 Å². The molecule has 2 heteroatoms. The van der Waals surface area contributed by atoms with Crippen LogP contribution in [0, 0.1) is 0 Å². The standard InChI is InChI=1S/C8H16OS/c1-2-3-4-8-7(9)5-6-10-8/h7-9H,2-6H2,1H3/t7-,8-/m0/s1. The predicted octanol–water partition coefficient (Wildman–Crippen LogP) is 2.04. The van der Waals surface area contributed by atoms with E-state index in [-0.39, 0.29) is 6.10 Å². The average molecular weight is 160 g/mol. The van der Waals surface area contributed by atoms with E-state index in [2.05, 4.69) is 6.92 Å². The quantitative estimate of drug-likeness (QED) is 0.682. The van der Waals surface area contributed by atoms with Gasteiger partial charge in [-0.3, -0.25) is 0 Å². The summed E-state index contributed by atoms with van der Waals surface area (Å²) in [5.74, 6) is 1.16. The molecule has 1 nitrogen and oxygen atoms in total. The molecule has 0 aliphatic carbocycles. The summed E-state index contributed by atoms with van der Waals surface area (Å²) in [5.41, 5.74) is 0. The van der Waals surface area contributed by atoms with Crippen molar-refractivity contribution in [2.45, 2.75) is 44.0 Å². The van der Waals surface area contributed by atoms with E-state index in [1.165, 1.54) is 19.3 Å². The van der Waals surface area contributed by atoms with Crippen molar-refractivity contribution in [3.05, 3.63) is 0 Å². The van der Waals surface area contributed by atoms with Gasteiger partial charge in [-0.25, -0.2) is 0 Å². The van der Waals surface area contributed by atoms with E-state index in [1.807, 2.05) is 11.8 Å². The maximum Gasteiger partial charge on any atom is 0.0666 e. The highest BCUT2D eigenvalue weighted by Gasteiger charge is 2.24. The van der Waals surface area contributed by atoms with Crippen LogP contribution in [0.2, 0.25) is 0 Å². The maximum absolute atomic E-state index is 9.39. The zero-order valence-corrected chi connectivity index (χ0v) is 7.36. The summed E-state index contributed by atoms with van der Waals surface area (Å²) in [7, 11) is 0. The molecule has 0 aromatic heterocycles. The molecule has 1 aliphatic rings. The van der Waals surface area contributed by atoms with Gasteiger partial charge in [-0.15, -0.1) is 0 Å². The third kappa shape index (κ3) is 2.17. The van der Waals surface area contributed by atoms with Crippen LogP contribution >= 0.6 is 11.8 Å². The summed E-state index contributed by atoms with van der Waals surface area (Å²) < 4.78 is 0. The van der Waals surface area contributed by atoms with Crippen LogP contribution in [0.25, 0.3) is 0 Å². The highest BCUT2D eigenvalue weighted by Crippen LogP contribution is 2.30. The first-order valence-corrected chi connectivity index (χ1v) is 5.19. The Bertz CT molecular complexity index is 95.3. The van der Waals surface area contributed by atoms with Crippen LogP contribution in [0.1, 0.15) is 32.6 Å². The fourth-order valence-electron chi connectivity index (χ4n) is 1.32. The van der Waals surface area contributed by atoms with Crippen LogP contribution in [0.15, 0.2) is 0 Å². The summed E-state index contributed by atoms with van der Waals surface area (Å²) >= 11 is 1.94. The molecule has 1 N–H and O–H groups in total. The van der Waals surface area contributed by atoms with Gasteiger partial charge in [0.25, 0.3) is 0 Å². The van der Waals surface area contributed by atoms with Crippen LogP contribution in [-0.4, -0.2) is 22.2 Å². The molecule has 0 bridgehead atoms. The van der Waals surface area contributed by atoms with Gasteiger partial charge in [-0.2, -0.15) is 11.8 Å². The zero-order valence-electron chi connectivity index (χ0n) is 6.55. The number of aliphatic hydroxyl groups is 1. The number of aliphatic hydroxyl groups excluding tert-OH is 1. The average Bonchev–Trinajstić information content (AvgIpc) is 2.31.